The maximum absolute atomic E-state index is 12.0. The number of rotatable bonds is 7. The zero-order valence-electron chi connectivity index (χ0n) is 12.4. The number of sulfonamides is 1. The number of nitrogens with two attached hydrogens (primary N) is 2. The molecule has 0 aliphatic heterocycles. The molecule has 21 heavy (non-hydrogen) atoms. The molecule has 0 aliphatic rings. The van der Waals surface area contributed by atoms with Crippen LogP contribution in [0.5, 0.6) is 0 Å². The molecule has 6 nitrogen and oxygen atoms in total. The van der Waals surface area contributed by atoms with E-state index < -0.39 is 10.0 Å². The Morgan fingerprint density at radius 3 is 2.24 bits per heavy atom. The van der Waals surface area contributed by atoms with Crippen molar-refractivity contribution < 1.29 is 13.2 Å². The van der Waals surface area contributed by atoms with Gasteiger partial charge in [0.25, 0.3) is 0 Å². The van der Waals surface area contributed by atoms with Gasteiger partial charge in [-0.05, 0) is 44.0 Å². The number of hydrogen-bond donors (Lipinski definition) is 3. The Balaban J connectivity index is 2.54. The van der Waals surface area contributed by atoms with E-state index in [1.54, 1.807) is 0 Å². The summed E-state index contributed by atoms with van der Waals surface area (Å²) in [5.41, 5.74) is 6.22. The van der Waals surface area contributed by atoms with Gasteiger partial charge in [0.1, 0.15) is 0 Å². The molecule has 0 fully saturated rings. The van der Waals surface area contributed by atoms with Crippen molar-refractivity contribution >= 4 is 21.6 Å². The highest BCUT2D eigenvalue weighted by molar-refractivity contribution is 7.89. The predicted octanol–water partition coefficient (Wildman–Crippen LogP) is 1.43. The number of carbonyl (C=O) groups excluding carboxylic acids is 1. The number of anilines is 1. The zero-order chi connectivity index (χ0) is 16.0. The van der Waals surface area contributed by atoms with Crippen molar-refractivity contribution in [2.24, 2.45) is 16.8 Å². The molecule has 0 saturated carbocycles. The SMILES string of the molecule is CC(N)CCCC(C)C(=O)Nc1ccc(S(N)(=O)=O)cc1. The van der Waals surface area contributed by atoms with E-state index in [0.717, 1.165) is 19.3 Å². The maximum atomic E-state index is 12.0. The molecule has 118 valence electrons. The van der Waals surface area contributed by atoms with Crippen LogP contribution in [0, 0.1) is 5.92 Å². The van der Waals surface area contributed by atoms with Gasteiger partial charge in [-0.2, -0.15) is 0 Å². The third-order valence-corrected chi connectivity index (χ3v) is 4.12. The van der Waals surface area contributed by atoms with Crippen LogP contribution in [0.25, 0.3) is 0 Å². The lowest BCUT2D eigenvalue weighted by Gasteiger charge is -2.13. The minimum atomic E-state index is -3.71. The molecule has 0 bridgehead atoms. The van der Waals surface area contributed by atoms with Crippen LogP contribution in [0.2, 0.25) is 0 Å². The van der Waals surface area contributed by atoms with Crippen LogP contribution >= 0.6 is 0 Å². The van der Waals surface area contributed by atoms with Gasteiger partial charge in [0.2, 0.25) is 15.9 Å². The molecular weight excluding hydrogens is 290 g/mol. The summed E-state index contributed by atoms with van der Waals surface area (Å²) in [6.45, 7) is 3.80. The van der Waals surface area contributed by atoms with E-state index in [-0.39, 0.29) is 22.8 Å². The lowest BCUT2D eigenvalue weighted by Crippen LogP contribution is -2.21. The van der Waals surface area contributed by atoms with E-state index in [2.05, 4.69) is 5.32 Å². The number of hydrogen-bond acceptors (Lipinski definition) is 4. The summed E-state index contributed by atoms with van der Waals surface area (Å²) in [5, 5.41) is 7.76. The first-order valence-corrected chi connectivity index (χ1v) is 8.44. The highest BCUT2D eigenvalue weighted by atomic mass is 32.2. The summed E-state index contributed by atoms with van der Waals surface area (Å²) in [4.78, 5) is 12.0. The quantitative estimate of drug-likeness (QED) is 0.706. The molecule has 0 radical (unpaired) electrons. The van der Waals surface area contributed by atoms with E-state index in [1.807, 2.05) is 13.8 Å². The van der Waals surface area contributed by atoms with Gasteiger partial charge in [-0.25, -0.2) is 13.6 Å². The van der Waals surface area contributed by atoms with E-state index in [0.29, 0.717) is 5.69 Å². The van der Waals surface area contributed by atoms with Gasteiger partial charge in [0.05, 0.1) is 4.90 Å². The van der Waals surface area contributed by atoms with Crippen LogP contribution in [-0.4, -0.2) is 20.4 Å². The minimum absolute atomic E-state index is 0.0190. The van der Waals surface area contributed by atoms with Crippen LogP contribution in [-0.2, 0) is 14.8 Å². The molecule has 1 amide bonds. The molecule has 0 aromatic heterocycles. The summed E-state index contributed by atoms with van der Waals surface area (Å²) in [5.74, 6) is -0.218. The third kappa shape index (κ3) is 6.24. The lowest BCUT2D eigenvalue weighted by molar-refractivity contribution is -0.119. The second-order valence-corrected chi connectivity index (χ2v) is 6.93. The van der Waals surface area contributed by atoms with Crippen LogP contribution in [0.15, 0.2) is 29.2 Å². The number of nitrogens with one attached hydrogen (secondary N) is 1. The normalized spacial score (nSPS) is 14.5. The first kappa shape index (κ1) is 17.6. The molecule has 1 aromatic carbocycles. The van der Waals surface area contributed by atoms with Crippen molar-refractivity contribution in [2.45, 2.75) is 44.0 Å². The van der Waals surface area contributed by atoms with Gasteiger partial charge in [-0.15, -0.1) is 0 Å². The van der Waals surface area contributed by atoms with Gasteiger partial charge in [0.15, 0.2) is 0 Å². The molecule has 0 spiro atoms. The van der Waals surface area contributed by atoms with Crippen molar-refractivity contribution in [1.29, 1.82) is 0 Å². The average Bonchev–Trinajstić information content (AvgIpc) is 2.37. The topological polar surface area (TPSA) is 115 Å². The minimum Gasteiger partial charge on any atom is -0.328 e. The van der Waals surface area contributed by atoms with Crippen molar-refractivity contribution in [2.75, 3.05) is 5.32 Å². The number of carbonyl (C=O) groups is 1. The summed E-state index contributed by atoms with van der Waals surface area (Å²) in [6.07, 6.45) is 2.56. The van der Waals surface area contributed by atoms with Gasteiger partial charge < -0.3 is 11.1 Å². The van der Waals surface area contributed by atoms with Gasteiger partial charge >= 0.3 is 0 Å². The smallest absolute Gasteiger partial charge is 0.238 e. The maximum Gasteiger partial charge on any atom is 0.238 e. The summed E-state index contributed by atoms with van der Waals surface area (Å²) in [6, 6.07) is 5.92. The monoisotopic (exact) mass is 313 g/mol. The van der Waals surface area contributed by atoms with Gasteiger partial charge in [-0.1, -0.05) is 13.3 Å². The van der Waals surface area contributed by atoms with Crippen LogP contribution < -0.4 is 16.2 Å². The van der Waals surface area contributed by atoms with E-state index >= 15 is 0 Å². The fourth-order valence-corrected chi connectivity index (χ4v) is 2.39. The second-order valence-electron chi connectivity index (χ2n) is 5.37. The van der Waals surface area contributed by atoms with Gasteiger partial charge in [-0.3, -0.25) is 4.79 Å². The highest BCUT2D eigenvalue weighted by Crippen LogP contribution is 2.15. The fourth-order valence-electron chi connectivity index (χ4n) is 1.87. The Morgan fingerprint density at radius 1 is 1.19 bits per heavy atom. The molecule has 2 unspecified atom stereocenters. The molecule has 1 rings (SSSR count). The molecule has 1 aromatic rings. The third-order valence-electron chi connectivity index (χ3n) is 3.19. The second kappa shape index (κ2) is 7.53. The summed E-state index contributed by atoms with van der Waals surface area (Å²) < 4.78 is 22.3. The Hall–Kier alpha value is -1.44. The first-order valence-electron chi connectivity index (χ1n) is 6.89. The zero-order valence-corrected chi connectivity index (χ0v) is 13.2. The Kier molecular flexibility index (Phi) is 6.32. The van der Waals surface area contributed by atoms with Crippen molar-refractivity contribution in [3.8, 4) is 0 Å². The Morgan fingerprint density at radius 2 is 1.76 bits per heavy atom. The Labute approximate surface area is 126 Å². The molecule has 0 saturated heterocycles. The number of primary sulfonamides is 1. The molecular formula is C14H23N3O3S. The van der Waals surface area contributed by atoms with Crippen molar-refractivity contribution in [3.63, 3.8) is 0 Å². The van der Waals surface area contributed by atoms with Crippen LogP contribution in [0.1, 0.15) is 33.1 Å². The van der Waals surface area contributed by atoms with E-state index in [4.69, 9.17) is 10.9 Å². The van der Waals surface area contributed by atoms with Gasteiger partial charge in [0, 0.05) is 17.6 Å². The summed E-state index contributed by atoms with van der Waals surface area (Å²) >= 11 is 0. The number of amides is 1. The molecule has 0 heterocycles. The lowest BCUT2D eigenvalue weighted by atomic mass is 10.0. The van der Waals surface area contributed by atoms with E-state index in [1.165, 1.54) is 24.3 Å². The van der Waals surface area contributed by atoms with E-state index in [9.17, 15) is 13.2 Å². The fraction of sp³-hybridized carbons (Fsp3) is 0.500. The molecule has 5 N–H and O–H groups in total. The summed E-state index contributed by atoms with van der Waals surface area (Å²) in [7, 11) is -3.71. The molecule has 7 heteroatoms. The van der Waals surface area contributed by atoms with Crippen molar-refractivity contribution in [3.05, 3.63) is 24.3 Å². The molecule has 2 atom stereocenters. The van der Waals surface area contributed by atoms with Crippen LogP contribution in [0.3, 0.4) is 0 Å². The van der Waals surface area contributed by atoms with Crippen molar-refractivity contribution in [1.82, 2.24) is 0 Å². The van der Waals surface area contributed by atoms with Crippen LogP contribution in [0.4, 0.5) is 5.69 Å². The first-order chi connectivity index (χ1) is 9.70. The Bertz CT molecular complexity index is 568. The largest absolute Gasteiger partial charge is 0.328 e. The predicted molar refractivity (Wildman–Crippen MR) is 83.1 cm³/mol. The number of benzene rings is 1. The average molecular weight is 313 g/mol. The highest BCUT2D eigenvalue weighted by Gasteiger charge is 2.13. The molecule has 0 aliphatic carbocycles. The standard InChI is InChI=1S/C14H23N3O3S/c1-10(4-3-5-11(2)15)14(18)17-12-6-8-13(9-7-12)21(16,19)20/h6-11H,3-5,15H2,1-2H3,(H,17,18)(H2,16,19,20).